The van der Waals surface area contributed by atoms with Crippen LogP contribution in [0.4, 0.5) is 0 Å². The highest BCUT2D eigenvalue weighted by Gasteiger charge is 2.61. The fourth-order valence-corrected chi connectivity index (χ4v) is 8.06. The van der Waals surface area contributed by atoms with E-state index in [4.69, 9.17) is 0 Å². The third-order valence-corrected chi connectivity index (χ3v) is 10.4. The Kier molecular flexibility index (Phi) is 3.52. The first kappa shape index (κ1) is 15.0. The minimum Gasteiger partial charge on any atom is -0.298 e. The van der Waals surface area contributed by atoms with E-state index in [9.17, 15) is 4.79 Å². The van der Waals surface area contributed by atoms with Gasteiger partial charge in [-0.05, 0) is 73.0 Å². The van der Waals surface area contributed by atoms with Crippen molar-refractivity contribution in [3.05, 3.63) is 0 Å². The maximum atomic E-state index is 12.4. The highest BCUT2D eigenvalue weighted by Crippen LogP contribution is 2.66. The van der Waals surface area contributed by atoms with Crippen molar-refractivity contribution in [2.75, 3.05) is 0 Å². The van der Waals surface area contributed by atoms with Crippen LogP contribution in [0.5, 0.6) is 0 Å². The summed E-state index contributed by atoms with van der Waals surface area (Å²) in [4.78, 5) is 12.4. The van der Waals surface area contributed by atoms with Crippen molar-refractivity contribution in [3.8, 4) is 0 Å². The molecule has 4 saturated carbocycles. The van der Waals surface area contributed by atoms with E-state index < -0.39 is 0 Å². The quantitative estimate of drug-likeness (QED) is 0.393. The van der Waals surface area contributed by atoms with Crippen LogP contribution in [-0.2, 0) is 4.79 Å². The molecule has 0 aromatic carbocycles. The Balaban J connectivity index is 1.67. The molecule has 1 nitrogen and oxygen atoms in total. The van der Waals surface area contributed by atoms with Gasteiger partial charge in [-0.3, -0.25) is 4.79 Å². The van der Waals surface area contributed by atoms with Gasteiger partial charge in [-0.15, -0.1) is 0 Å². The van der Waals surface area contributed by atoms with E-state index in [0.29, 0.717) is 22.5 Å². The van der Waals surface area contributed by atoms with Gasteiger partial charge in [0.15, 0.2) is 0 Å². The largest absolute Gasteiger partial charge is 0.298 e. The highest BCUT2D eigenvalue weighted by atomic mass is 127. The zero-order valence-corrected chi connectivity index (χ0v) is 15.7. The van der Waals surface area contributed by atoms with E-state index in [1.165, 1.54) is 51.4 Å². The fourth-order valence-electron chi connectivity index (χ4n) is 7.03. The van der Waals surface area contributed by atoms with Crippen LogP contribution in [0.15, 0.2) is 0 Å². The van der Waals surface area contributed by atoms with Crippen LogP contribution < -0.4 is 0 Å². The van der Waals surface area contributed by atoms with Crippen molar-refractivity contribution in [3.63, 3.8) is 0 Å². The molecular formula is C19H29IO. The third kappa shape index (κ3) is 1.96. The maximum absolute atomic E-state index is 12.4. The average Bonchev–Trinajstić information content (AvgIpc) is 2.70. The fraction of sp³-hybridized carbons (Fsp3) is 0.947. The monoisotopic (exact) mass is 400 g/mol. The molecule has 4 aliphatic carbocycles. The van der Waals surface area contributed by atoms with Crippen LogP contribution in [0.1, 0.15) is 71.6 Å². The number of ketones is 1. The summed E-state index contributed by atoms with van der Waals surface area (Å²) in [6.45, 7) is 5.06. The molecule has 0 aromatic heterocycles. The summed E-state index contributed by atoms with van der Waals surface area (Å²) in [5.41, 5.74) is 0.922. The van der Waals surface area contributed by atoms with E-state index in [1.807, 2.05) is 0 Å². The van der Waals surface area contributed by atoms with Crippen LogP contribution in [-0.4, -0.2) is 9.71 Å². The number of rotatable bonds is 0. The van der Waals surface area contributed by atoms with Crippen molar-refractivity contribution in [2.24, 2.45) is 34.5 Å². The lowest BCUT2D eigenvalue weighted by atomic mass is 9.45. The van der Waals surface area contributed by atoms with Crippen LogP contribution in [0.25, 0.3) is 0 Å². The van der Waals surface area contributed by atoms with Gasteiger partial charge in [0.05, 0.1) is 3.92 Å². The lowest BCUT2D eigenvalue weighted by Gasteiger charge is -2.60. The Bertz CT molecular complexity index is 460. The Morgan fingerprint density at radius 3 is 2.57 bits per heavy atom. The molecule has 21 heavy (non-hydrogen) atoms. The van der Waals surface area contributed by atoms with E-state index in [1.54, 1.807) is 0 Å². The number of hydrogen-bond acceptors (Lipinski definition) is 1. The molecular weight excluding hydrogens is 371 g/mol. The van der Waals surface area contributed by atoms with Crippen LogP contribution in [0, 0.1) is 34.5 Å². The molecule has 0 heterocycles. The smallest absolute Gasteiger partial charge is 0.146 e. The third-order valence-electron chi connectivity index (χ3n) is 8.30. The Morgan fingerprint density at radius 1 is 0.952 bits per heavy atom. The summed E-state index contributed by atoms with van der Waals surface area (Å²) in [6, 6.07) is 0. The lowest BCUT2D eigenvalue weighted by Crippen LogP contribution is -2.52. The van der Waals surface area contributed by atoms with Gasteiger partial charge in [-0.25, -0.2) is 0 Å². The molecule has 4 fully saturated rings. The zero-order chi connectivity index (χ0) is 14.8. The van der Waals surface area contributed by atoms with Crippen LogP contribution >= 0.6 is 22.6 Å². The van der Waals surface area contributed by atoms with E-state index in [-0.39, 0.29) is 3.92 Å². The predicted molar refractivity (Wildman–Crippen MR) is 94.5 cm³/mol. The second-order valence-electron chi connectivity index (χ2n) is 8.98. The lowest BCUT2D eigenvalue weighted by molar-refractivity contribution is -0.117. The molecule has 7 atom stereocenters. The summed E-state index contributed by atoms with van der Waals surface area (Å²) in [6.07, 6.45) is 12.3. The molecule has 0 saturated heterocycles. The van der Waals surface area contributed by atoms with Gasteiger partial charge in [0.25, 0.3) is 0 Å². The molecule has 0 N–H and O–H groups in total. The number of fused-ring (bicyclic) bond motifs is 5. The highest BCUT2D eigenvalue weighted by molar-refractivity contribution is 14.1. The number of hydrogen-bond donors (Lipinski definition) is 0. The Morgan fingerprint density at radius 2 is 1.76 bits per heavy atom. The first-order valence-electron chi connectivity index (χ1n) is 9.13. The zero-order valence-electron chi connectivity index (χ0n) is 13.5. The number of carbonyl (C=O) groups is 1. The van der Waals surface area contributed by atoms with E-state index in [2.05, 4.69) is 36.4 Å². The molecule has 2 heteroatoms. The number of Topliss-reactive ketones (excluding diaryl/α,β-unsaturated/α-hetero) is 1. The van der Waals surface area contributed by atoms with Crippen molar-refractivity contribution in [1.29, 1.82) is 0 Å². The summed E-state index contributed by atoms with van der Waals surface area (Å²) < 4.78 is 0.290. The summed E-state index contributed by atoms with van der Waals surface area (Å²) in [5, 5.41) is 0. The van der Waals surface area contributed by atoms with Gasteiger partial charge >= 0.3 is 0 Å². The normalized spacial score (nSPS) is 56.5. The SMILES string of the molecule is C[C@]12CCCC[C@@H]1CC[C@H]1[C@H]2CC[C@]2(C)[C@H](I)C(=O)C[C@@H]12. The molecule has 0 aromatic rings. The van der Waals surface area contributed by atoms with Gasteiger partial charge < -0.3 is 0 Å². The van der Waals surface area contributed by atoms with Crippen molar-refractivity contribution in [1.82, 2.24) is 0 Å². The molecule has 4 aliphatic rings. The maximum Gasteiger partial charge on any atom is 0.146 e. The van der Waals surface area contributed by atoms with Gasteiger partial charge in [0.2, 0.25) is 0 Å². The molecule has 0 amide bonds. The second kappa shape index (κ2) is 4.95. The topological polar surface area (TPSA) is 17.1 Å². The molecule has 0 aliphatic heterocycles. The minimum atomic E-state index is 0.290. The minimum absolute atomic E-state index is 0.290. The summed E-state index contributed by atoms with van der Waals surface area (Å²) in [7, 11) is 0. The molecule has 0 bridgehead atoms. The van der Waals surface area contributed by atoms with Gasteiger partial charge in [-0.1, -0.05) is 49.3 Å². The first-order valence-corrected chi connectivity index (χ1v) is 10.4. The van der Waals surface area contributed by atoms with E-state index >= 15 is 0 Å². The molecule has 0 spiro atoms. The number of carbonyl (C=O) groups excluding carboxylic acids is 1. The van der Waals surface area contributed by atoms with Gasteiger partial charge in [-0.2, -0.15) is 0 Å². The second-order valence-corrected chi connectivity index (χ2v) is 10.2. The van der Waals surface area contributed by atoms with Crippen molar-refractivity contribution >= 4 is 28.4 Å². The summed E-state index contributed by atoms with van der Waals surface area (Å²) >= 11 is 2.46. The number of halogens is 1. The standard InChI is InChI=1S/C19H29IO/c1-18-9-4-3-5-12(18)6-7-13-14(18)8-10-19(2)15(13)11-16(21)17(19)20/h12-15,17H,3-11H2,1-2H3/t12-,13+,14-,15+,17-,18+,19+/m1/s1. The molecule has 0 unspecified atom stereocenters. The average molecular weight is 400 g/mol. The predicted octanol–water partition coefficient (Wildman–Crippen LogP) is 5.40. The molecule has 118 valence electrons. The molecule has 0 radical (unpaired) electrons. The molecule has 4 rings (SSSR count). The van der Waals surface area contributed by atoms with Crippen LogP contribution in [0.3, 0.4) is 0 Å². The first-order chi connectivity index (χ1) is 9.97. The van der Waals surface area contributed by atoms with E-state index in [0.717, 1.165) is 24.2 Å². The Labute approximate surface area is 143 Å². The number of alkyl halides is 1. The van der Waals surface area contributed by atoms with Gasteiger partial charge in [0, 0.05) is 6.42 Å². The van der Waals surface area contributed by atoms with Gasteiger partial charge in [0.1, 0.15) is 5.78 Å². The van der Waals surface area contributed by atoms with Crippen molar-refractivity contribution in [2.45, 2.75) is 75.6 Å². The van der Waals surface area contributed by atoms with Crippen molar-refractivity contribution < 1.29 is 4.79 Å². The summed E-state index contributed by atoms with van der Waals surface area (Å²) in [5.74, 6) is 4.02. The van der Waals surface area contributed by atoms with Crippen LogP contribution in [0.2, 0.25) is 0 Å². The Hall–Kier alpha value is 0.400.